The number of rotatable bonds is 5. The van der Waals surface area contributed by atoms with Crippen LogP contribution in [0.2, 0.25) is 0 Å². The Labute approximate surface area is 178 Å². The second kappa shape index (κ2) is 8.26. The van der Waals surface area contributed by atoms with Crippen molar-refractivity contribution in [2.45, 2.75) is 25.9 Å². The maximum Gasteiger partial charge on any atom is 0.297 e. The van der Waals surface area contributed by atoms with Crippen molar-refractivity contribution in [3.05, 3.63) is 89.4 Å². The second-order valence-corrected chi connectivity index (χ2v) is 7.57. The van der Waals surface area contributed by atoms with E-state index in [1.807, 2.05) is 30.5 Å². The molecule has 1 aliphatic rings. The summed E-state index contributed by atoms with van der Waals surface area (Å²) in [4.78, 5) is 14.9. The number of para-hydroxylation sites is 1. The molecule has 0 fully saturated rings. The molecule has 3 heterocycles. The molecule has 0 bridgehead atoms. The summed E-state index contributed by atoms with van der Waals surface area (Å²) in [6, 6.07) is 19.7. The Hall–Kier alpha value is -3.61. The smallest absolute Gasteiger partial charge is 0.297 e. The fourth-order valence-electron chi connectivity index (χ4n) is 3.91. The summed E-state index contributed by atoms with van der Waals surface area (Å²) in [5, 5.41) is 3.88. The van der Waals surface area contributed by atoms with Gasteiger partial charge in [-0.25, -0.2) is 23.7 Å². The zero-order valence-corrected chi connectivity index (χ0v) is 16.8. The van der Waals surface area contributed by atoms with Crippen LogP contribution in [0.1, 0.15) is 28.9 Å². The number of alkyl halides is 2. The van der Waals surface area contributed by atoms with Gasteiger partial charge in [0.05, 0.1) is 5.52 Å². The number of anilines is 2. The lowest BCUT2D eigenvalue weighted by molar-refractivity contribution is 0.141. The van der Waals surface area contributed by atoms with Crippen molar-refractivity contribution in [2.75, 3.05) is 16.8 Å². The highest BCUT2D eigenvalue weighted by atomic mass is 19.3. The lowest BCUT2D eigenvalue weighted by Crippen LogP contribution is -2.30. The van der Waals surface area contributed by atoms with E-state index in [-0.39, 0.29) is 0 Å². The van der Waals surface area contributed by atoms with Crippen LogP contribution in [0.3, 0.4) is 0 Å². The fraction of sp³-hybridized carbons (Fsp3) is 0.208. The minimum Gasteiger partial charge on any atom is -0.365 e. The van der Waals surface area contributed by atoms with E-state index < -0.39 is 12.2 Å². The Bertz CT molecular complexity index is 1210. The SMILES string of the molecule is FC(F)c1nc(NCc2ccc(N3CCc4ccccc4C3)nc2)c2ccccc2n1. The zero-order valence-electron chi connectivity index (χ0n) is 16.8. The maximum absolute atomic E-state index is 13.2. The van der Waals surface area contributed by atoms with Gasteiger partial charge in [0.25, 0.3) is 6.43 Å². The molecule has 0 saturated heterocycles. The Kier molecular flexibility index (Phi) is 5.16. The van der Waals surface area contributed by atoms with Crippen LogP contribution in [0, 0.1) is 0 Å². The van der Waals surface area contributed by atoms with Crippen LogP contribution in [-0.4, -0.2) is 21.5 Å². The number of nitrogens with one attached hydrogen (secondary N) is 1. The molecule has 0 radical (unpaired) electrons. The lowest BCUT2D eigenvalue weighted by Gasteiger charge is -2.29. The molecule has 1 aliphatic heterocycles. The van der Waals surface area contributed by atoms with Gasteiger partial charge in [0, 0.05) is 31.2 Å². The van der Waals surface area contributed by atoms with Gasteiger partial charge in [-0.1, -0.05) is 42.5 Å². The predicted octanol–water partition coefficient (Wildman–Crippen LogP) is 5.14. The Morgan fingerprint density at radius 1 is 0.935 bits per heavy atom. The van der Waals surface area contributed by atoms with Crippen LogP contribution in [0.15, 0.2) is 66.9 Å². The van der Waals surface area contributed by atoms with Crippen LogP contribution < -0.4 is 10.2 Å². The first-order valence-corrected chi connectivity index (χ1v) is 10.2. The highest BCUT2D eigenvalue weighted by Crippen LogP contribution is 2.26. The largest absolute Gasteiger partial charge is 0.365 e. The number of halogens is 2. The van der Waals surface area contributed by atoms with Gasteiger partial charge >= 0.3 is 0 Å². The van der Waals surface area contributed by atoms with Crippen molar-refractivity contribution in [3.8, 4) is 0 Å². The van der Waals surface area contributed by atoms with Crippen molar-refractivity contribution in [3.63, 3.8) is 0 Å². The number of pyridine rings is 1. The van der Waals surface area contributed by atoms with E-state index in [0.29, 0.717) is 23.3 Å². The standard InChI is InChI=1S/C24H21F2N5/c25-22(26)24-29-20-8-4-3-7-19(20)23(30-24)28-14-16-9-10-21(27-13-16)31-12-11-17-5-1-2-6-18(17)15-31/h1-10,13,22H,11-12,14-15H2,(H,28,29,30). The van der Waals surface area contributed by atoms with Crippen molar-refractivity contribution < 1.29 is 8.78 Å². The van der Waals surface area contributed by atoms with Gasteiger partial charge in [0.1, 0.15) is 11.6 Å². The summed E-state index contributed by atoms with van der Waals surface area (Å²) in [6.07, 6.45) is 0.107. The van der Waals surface area contributed by atoms with Crippen LogP contribution in [-0.2, 0) is 19.5 Å². The molecule has 4 aromatic rings. The molecule has 0 aliphatic carbocycles. The first kappa shape index (κ1) is 19.4. The van der Waals surface area contributed by atoms with Gasteiger partial charge in [-0.2, -0.15) is 0 Å². The van der Waals surface area contributed by atoms with Gasteiger partial charge in [-0.05, 0) is 41.3 Å². The highest BCUT2D eigenvalue weighted by Gasteiger charge is 2.17. The number of benzene rings is 2. The summed E-state index contributed by atoms with van der Waals surface area (Å²) >= 11 is 0. The summed E-state index contributed by atoms with van der Waals surface area (Å²) in [5.41, 5.74) is 4.18. The van der Waals surface area contributed by atoms with Gasteiger partial charge in [0.2, 0.25) is 0 Å². The number of hydrogen-bond donors (Lipinski definition) is 1. The van der Waals surface area contributed by atoms with E-state index in [2.05, 4.69) is 49.4 Å². The third kappa shape index (κ3) is 4.03. The third-order valence-corrected chi connectivity index (χ3v) is 5.54. The molecule has 5 rings (SSSR count). The van der Waals surface area contributed by atoms with Crippen LogP contribution >= 0.6 is 0 Å². The number of nitrogens with zero attached hydrogens (tertiary/aromatic N) is 4. The predicted molar refractivity (Wildman–Crippen MR) is 117 cm³/mol. The van der Waals surface area contributed by atoms with Crippen molar-refractivity contribution in [2.24, 2.45) is 0 Å². The second-order valence-electron chi connectivity index (χ2n) is 7.57. The first-order chi connectivity index (χ1) is 15.2. The first-order valence-electron chi connectivity index (χ1n) is 10.2. The van der Waals surface area contributed by atoms with Gasteiger partial charge in [0.15, 0.2) is 5.82 Å². The van der Waals surface area contributed by atoms with E-state index in [1.165, 1.54) is 11.1 Å². The van der Waals surface area contributed by atoms with E-state index in [4.69, 9.17) is 0 Å². The molecule has 1 N–H and O–H groups in total. The molecular weight excluding hydrogens is 396 g/mol. The van der Waals surface area contributed by atoms with E-state index in [9.17, 15) is 8.78 Å². The minimum atomic E-state index is -2.72. The Balaban J connectivity index is 1.31. The topological polar surface area (TPSA) is 53.9 Å². The average Bonchev–Trinajstić information content (AvgIpc) is 2.82. The fourth-order valence-corrected chi connectivity index (χ4v) is 3.91. The summed E-state index contributed by atoms with van der Waals surface area (Å²) < 4.78 is 26.4. The van der Waals surface area contributed by atoms with Crippen molar-refractivity contribution in [1.29, 1.82) is 0 Å². The average molecular weight is 417 g/mol. The Morgan fingerprint density at radius 2 is 1.74 bits per heavy atom. The van der Waals surface area contributed by atoms with E-state index in [1.54, 1.807) is 12.1 Å². The van der Waals surface area contributed by atoms with Gasteiger partial charge in [-0.3, -0.25) is 0 Å². The van der Waals surface area contributed by atoms with Crippen molar-refractivity contribution >= 4 is 22.5 Å². The molecule has 0 unspecified atom stereocenters. The zero-order chi connectivity index (χ0) is 21.2. The molecule has 0 spiro atoms. The molecule has 2 aromatic carbocycles. The molecule has 0 amide bonds. The minimum absolute atomic E-state index is 0.401. The summed E-state index contributed by atoms with van der Waals surface area (Å²) in [7, 11) is 0. The van der Waals surface area contributed by atoms with Crippen LogP contribution in [0.4, 0.5) is 20.4 Å². The maximum atomic E-state index is 13.2. The molecule has 2 aromatic heterocycles. The normalized spacial score (nSPS) is 13.5. The number of aromatic nitrogens is 3. The number of fused-ring (bicyclic) bond motifs is 2. The van der Waals surface area contributed by atoms with Gasteiger partial charge in [-0.15, -0.1) is 0 Å². The number of hydrogen-bond acceptors (Lipinski definition) is 5. The lowest BCUT2D eigenvalue weighted by atomic mass is 10.00. The molecule has 5 nitrogen and oxygen atoms in total. The molecule has 7 heteroatoms. The molecular formula is C24H21F2N5. The molecule has 0 saturated carbocycles. The van der Waals surface area contributed by atoms with E-state index in [0.717, 1.165) is 30.9 Å². The van der Waals surface area contributed by atoms with E-state index >= 15 is 0 Å². The van der Waals surface area contributed by atoms with Gasteiger partial charge < -0.3 is 10.2 Å². The monoisotopic (exact) mass is 417 g/mol. The Morgan fingerprint density at radius 3 is 2.55 bits per heavy atom. The molecule has 0 atom stereocenters. The molecule has 156 valence electrons. The summed E-state index contributed by atoms with van der Waals surface area (Å²) in [6.45, 7) is 2.22. The molecule has 31 heavy (non-hydrogen) atoms. The quantitative estimate of drug-likeness (QED) is 0.487. The summed E-state index contributed by atoms with van der Waals surface area (Å²) in [5.74, 6) is 0.864. The van der Waals surface area contributed by atoms with Crippen molar-refractivity contribution in [1.82, 2.24) is 15.0 Å². The highest BCUT2D eigenvalue weighted by molar-refractivity contribution is 5.89. The third-order valence-electron chi connectivity index (χ3n) is 5.54. The van der Waals surface area contributed by atoms with Crippen LogP contribution in [0.25, 0.3) is 10.9 Å². The van der Waals surface area contributed by atoms with Crippen LogP contribution in [0.5, 0.6) is 0 Å².